The molecule has 2 amide bonds. The van der Waals surface area contributed by atoms with Crippen molar-refractivity contribution in [2.45, 2.75) is 117 Å². The molecule has 0 spiro atoms. The molecule has 0 heterocycles. The van der Waals surface area contributed by atoms with E-state index in [4.69, 9.17) is 9.47 Å². The quantitative estimate of drug-likeness (QED) is 0.177. The van der Waals surface area contributed by atoms with Gasteiger partial charge in [0.25, 0.3) is 0 Å². The highest BCUT2D eigenvalue weighted by atomic mass is 16.5. The van der Waals surface area contributed by atoms with Crippen LogP contribution in [0.3, 0.4) is 0 Å². The normalized spacial score (nSPS) is 10.9. The van der Waals surface area contributed by atoms with Crippen LogP contribution in [-0.2, 0) is 19.1 Å². The third-order valence-corrected chi connectivity index (χ3v) is 5.54. The lowest BCUT2D eigenvalue weighted by molar-refractivity contribution is -0.129. The number of hydrogen-bond acceptors (Lipinski definition) is 4. The van der Waals surface area contributed by atoms with E-state index in [1.54, 1.807) is 0 Å². The molecule has 0 rings (SSSR count). The van der Waals surface area contributed by atoms with Crippen molar-refractivity contribution >= 4 is 11.8 Å². The summed E-state index contributed by atoms with van der Waals surface area (Å²) in [6.07, 6.45) is 20.1. The van der Waals surface area contributed by atoms with Gasteiger partial charge >= 0.3 is 0 Å². The molecule has 0 saturated heterocycles. The van der Waals surface area contributed by atoms with Crippen LogP contribution in [0.1, 0.15) is 117 Å². The predicted molar refractivity (Wildman–Crippen MR) is 133 cm³/mol. The Morgan fingerprint density at radius 2 is 0.812 bits per heavy atom. The highest BCUT2D eigenvalue weighted by Crippen LogP contribution is 2.08. The Hall–Kier alpha value is -1.14. The van der Waals surface area contributed by atoms with E-state index in [9.17, 15) is 9.59 Å². The molecule has 0 radical (unpaired) electrons. The second-order valence-electron chi connectivity index (χ2n) is 8.75. The second-order valence-corrected chi connectivity index (χ2v) is 8.75. The van der Waals surface area contributed by atoms with Gasteiger partial charge in [-0.25, -0.2) is 0 Å². The number of ether oxygens (including phenoxy) is 2. The van der Waals surface area contributed by atoms with Crippen molar-refractivity contribution in [2.75, 3.05) is 39.5 Å². The molecule has 0 aromatic heterocycles. The molecule has 0 aromatic rings. The van der Waals surface area contributed by atoms with Gasteiger partial charge in [0.2, 0.25) is 11.8 Å². The first-order chi connectivity index (χ1) is 15.7. The lowest BCUT2D eigenvalue weighted by atomic mass is 10.1. The number of carbonyl (C=O) groups excluding carboxylic acids is 2. The molecule has 0 fully saturated rings. The standard InChI is InChI=1S/C26H52N2O4/c1-3-5-7-9-11-13-15-17-19-27-25(29)23-31-21-22-32-24-26(30)28-20-18-16-14-12-10-8-6-4-2/h3-24H2,1-2H3,(H,27,29)(H,28,30). The lowest BCUT2D eigenvalue weighted by Gasteiger charge is -2.08. The van der Waals surface area contributed by atoms with E-state index in [2.05, 4.69) is 24.5 Å². The van der Waals surface area contributed by atoms with E-state index >= 15 is 0 Å². The molecule has 6 nitrogen and oxygen atoms in total. The number of amides is 2. The largest absolute Gasteiger partial charge is 0.369 e. The van der Waals surface area contributed by atoms with E-state index in [0.717, 1.165) is 12.8 Å². The van der Waals surface area contributed by atoms with Gasteiger partial charge in [0, 0.05) is 13.1 Å². The van der Waals surface area contributed by atoms with Crippen molar-refractivity contribution in [1.29, 1.82) is 0 Å². The van der Waals surface area contributed by atoms with Gasteiger partial charge in [-0.2, -0.15) is 0 Å². The molecule has 2 N–H and O–H groups in total. The summed E-state index contributed by atoms with van der Waals surface area (Å²) < 4.78 is 10.6. The van der Waals surface area contributed by atoms with Crippen LogP contribution >= 0.6 is 0 Å². The van der Waals surface area contributed by atoms with Crippen LogP contribution in [0, 0.1) is 0 Å². The Kier molecular flexibility index (Phi) is 25.2. The van der Waals surface area contributed by atoms with Gasteiger partial charge in [0.05, 0.1) is 13.2 Å². The summed E-state index contributed by atoms with van der Waals surface area (Å²) in [6.45, 7) is 6.62. The fourth-order valence-electron chi connectivity index (χ4n) is 3.52. The number of carbonyl (C=O) groups is 2. The second kappa shape index (κ2) is 26.1. The first-order valence-corrected chi connectivity index (χ1v) is 13.4. The van der Waals surface area contributed by atoms with Crippen molar-refractivity contribution in [2.24, 2.45) is 0 Å². The third-order valence-electron chi connectivity index (χ3n) is 5.54. The topological polar surface area (TPSA) is 76.7 Å². The minimum absolute atomic E-state index is 0.0466. The van der Waals surface area contributed by atoms with E-state index in [1.807, 2.05) is 0 Å². The summed E-state index contributed by atoms with van der Waals surface area (Å²) in [7, 11) is 0. The van der Waals surface area contributed by atoms with Crippen LogP contribution in [0.4, 0.5) is 0 Å². The van der Waals surface area contributed by atoms with Crippen molar-refractivity contribution in [3.63, 3.8) is 0 Å². The molecule has 0 aliphatic heterocycles. The predicted octanol–water partition coefficient (Wildman–Crippen LogP) is 5.53. The van der Waals surface area contributed by atoms with E-state index in [0.29, 0.717) is 26.3 Å². The van der Waals surface area contributed by atoms with Gasteiger partial charge in [-0.1, -0.05) is 104 Å². The number of rotatable bonds is 25. The maximum absolute atomic E-state index is 11.7. The molecule has 190 valence electrons. The number of unbranched alkanes of at least 4 members (excludes halogenated alkanes) is 14. The van der Waals surface area contributed by atoms with Gasteiger partial charge in [0.1, 0.15) is 13.2 Å². The molecule has 0 aliphatic rings. The maximum Gasteiger partial charge on any atom is 0.245 e. The lowest BCUT2D eigenvalue weighted by Crippen LogP contribution is -2.30. The Morgan fingerprint density at radius 1 is 0.500 bits per heavy atom. The van der Waals surface area contributed by atoms with Gasteiger partial charge in [0.15, 0.2) is 0 Å². The molecule has 0 aromatic carbocycles. The average Bonchev–Trinajstić information content (AvgIpc) is 2.79. The van der Waals surface area contributed by atoms with Crippen LogP contribution in [-0.4, -0.2) is 51.3 Å². The first kappa shape index (κ1) is 30.9. The van der Waals surface area contributed by atoms with Crippen LogP contribution in [0.25, 0.3) is 0 Å². The number of hydrogen-bond donors (Lipinski definition) is 2. The van der Waals surface area contributed by atoms with Gasteiger partial charge in [-0.05, 0) is 12.8 Å². The van der Waals surface area contributed by atoms with Crippen molar-refractivity contribution in [3.05, 3.63) is 0 Å². The zero-order chi connectivity index (χ0) is 23.5. The van der Waals surface area contributed by atoms with Crippen molar-refractivity contribution < 1.29 is 19.1 Å². The Labute approximate surface area is 198 Å². The summed E-state index contributed by atoms with van der Waals surface area (Å²) in [4.78, 5) is 23.4. The van der Waals surface area contributed by atoms with Crippen LogP contribution < -0.4 is 10.6 Å². The van der Waals surface area contributed by atoms with Crippen LogP contribution in [0.2, 0.25) is 0 Å². The highest BCUT2D eigenvalue weighted by molar-refractivity contribution is 5.77. The van der Waals surface area contributed by atoms with E-state index in [-0.39, 0.29) is 25.0 Å². The summed E-state index contributed by atoms with van der Waals surface area (Å²) >= 11 is 0. The molecule has 0 saturated carbocycles. The van der Waals surface area contributed by atoms with Gasteiger partial charge < -0.3 is 20.1 Å². The Bertz CT molecular complexity index is 381. The Morgan fingerprint density at radius 3 is 1.16 bits per heavy atom. The molecule has 0 aliphatic carbocycles. The van der Waals surface area contributed by atoms with Crippen molar-refractivity contribution in [1.82, 2.24) is 10.6 Å². The molecular formula is C26H52N2O4. The molecular weight excluding hydrogens is 404 g/mol. The molecule has 32 heavy (non-hydrogen) atoms. The van der Waals surface area contributed by atoms with Gasteiger partial charge in [-0.15, -0.1) is 0 Å². The zero-order valence-electron chi connectivity index (χ0n) is 21.2. The summed E-state index contributed by atoms with van der Waals surface area (Å²) in [6, 6.07) is 0. The van der Waals surface area contributed by atoms with Crippen LogP contribution in [0.5, 0.6) is 0 Å². The smallest absolute Gasteiger partial charge is 0.245 e. The average molecular weight is 457 g/mol. The number of nitrogens with one attached hydrogen (secondary N) is 2. The third kappa shape index (κ3) is 25.1. The van der Waals surface area contributed by atoms with Crippen LogP contribution in [0.15, 0.2) is 0 Å². The first-order valence-electron chi connectivity index (χ1n) is 13.4. The maximum atomic E-state index is 11.7. The highest BCUT2D eigenvalue weighted by Gasteiger charge is 2.03. The summed E-state index contributed by atoms with van der Waals surface area (Å²) in [5, 5.41) is 5.77. The fourth-order valence-corrected chi connectivity index (χ4v) is 3.52. The summed E-state index contributed by atoms with van der Waals surface area (Å²) in [5.74, 6) is -0.174. The fraction of sp³-hybridized carbons (Fsp3) is 0.923. The molecule has 6 heteroatoms. The van der Waals surface area contributed by atoms with E-state index in [1.165, 1.54) is 89.9 Å². The summed E-state index contributed by atoms with van der Waals surface area (Å²) in [5.41, 5.74) is 0. The molecule has 0 unspecified atom stereocenters. The SMILES string of the molecule is CCCCCCCCCCNC(=O)COCCOCC(=O)NCCCCCCCCCC. The molecule has 0 bridgehead atoms. The Balaban J connectivity index is 3.27. The minimum atomic E-state index is -0.0870. The monoisotopic (exact) mass is 456 g/mol. The van der Waals surface area contributed by atoms with E-state index < -0.39 is 0 Å². The molecule has 0 atom stereocenters. The van der Waals surface area contributed by atoms with Gasteiger partial charge in [-0.3, -0.25) is 9.59 Å². The zero-order valence-corrected chi connectivity index (χ0v) is 21.2. The van der Waals surface area contributed by atoms with Crippen molar-refractivity contribution in [3.8, 4) is 0 Å². The minimum Gasteiger partial charge on any atom is -0.369 e.